The molecule has 1 heterocycles. The first-order valence-electron chi connectivity index (χ1n) is 3.82. The standard InChI is InChI=1S/C8H13FN2S/c1-8(2,9)6-5-12-7(11-6)4-10-3/h5,10H,4H2,1-3H3. The first kappa shape index (κ1) is 9.61. The lowest BCUT2D eigenvalue weighted by atomic mass is 10.1. The summed E-state index contributed by atoms with van der Waals surface area (Å²) in [4.78, 5) is 4.15. The Kier molecular flexibility index (Phi) is 2.80. The molecule has 0 aliphatic rings. The van der Waals surface area contributed by atoms with Crippen LogP contribution in [0.25, 0.3) is 0 Å². The lowest BCUT2D eigenvalue weighted by Crippen LogP contribution is -2.10. The summed E-state index contributed by atoms with van der Waals surface area (Å²) in [6.45, 7) is 3.75. The summed E-state index contributed by atoms with van der Waals surface area (Å²) in [5, 5.41) is 5.67. The number of alkyl halides is 1. The molecular weight excluding hydrogens is 175 g/mol. The minimum atomic E-state index is -1.32. The van der Waals surface area contributed by atoms with E-state index in [1.807, 2.05) is 7.05 Å². The molecule has 0 amide bonds. The normalized spacial score (nSPS) is 12.0. The Labute approximate surface area is 75.8 Å². The van der Waals surface area contributed by atoms with Crippen LogP contribution >= 0.6 is 11.3 Å². The number of hydrogen-bond donors (Lipinski definition) is 1. The smallest absolute Gasteiger partial charge is 0.148 e. The van der Waals surface area contributed by atoms with Crippen LogP contribution in [0.1, 0.15) is 24.5 Å². The SMILES string of the molecule is CNCc1nc(C(C)(C)F)cs1. The van der Waals surface area contributed by atoms with Crippen LogP contribution in [0.2, 0.25) is 0 Å². The third-order valence-electron chi connectivity index (χ3n) is 1.49. The molecule has 68 valence electrons. The molecule has 0 spiro atoms. The van der Waals surface area contributed by atoms with Crippen molar-refractivity contribution in [1.82, 2.24) is 10.3 Å². The summed E-state index contributed by atoms with van der Waals surface area (Å²) >= 11 is 1.49. The quantitative estimate of drug-likeness (QED) is 0.785. The van der Waals surface area contributed by atoms with Gasteiger partial charge < -0.3 is 5.32 Å². The van der Waals surface area contributed by atoms with Gasteiger partial charge in [0.1, 0.15) is 10.7 Å². The number of halogens is 1. The minimum Gasteiger partial charge on any atom is -0.314 e. The van der Waals surface area contributed by atoms with E-state index in [0.29, 0.717) is 12.2 Å². The third-order valence-corrected chi connectivity index (χ3v) is 2.34. The lowest BCUT2D eigenvalue weighted by molar-refractivity contribution is 0.215. The van der Waals surface area contributed by atoms with Crippen LogP contribution in [0.4, 0.5) is 4.39 Å². The molecule has 0 radical (unpaired) electrons. The van der Waals surface area contributed by atoms with Gasteiger partial charge in [-0.25, -0.2) is 9.37 Å². The van der Waals surface area contributed by atoms with Crippen molar-refractivity contribution in [3.05, 3.63) is 16.1 Å². The second-order valence-corrected chi connectivity index (χ2v) is 4.07. The van der Waals surface area contributed by atoms with Gasteiger partial charge in [0.05, 0.1) is 5.69 Å². The number of nitrogens with one attached hydrogen (secondary N) is 1. The fraction of sp³-hybridized carbons (Fsp3) is 0.625. The number of thiazole rings is 1. The molecule has 1 rings (SSSR count). The Hall–Kier alpha value is -0.480. The van der Waals surface area contributed by atoms with Gasteiger partial charge in [-0.3, -0.25) is 0 Å². The molecule has 1 aromatic heterocycles. The Bertz CT molecular complexity index is 252. The lowest BCUT2D eigenvalue weighted by Gasteiger charge is -2.09. The van der Waals surface area contributed by atoms with Crippen LogP contribution in [-0.4, -0.2) is 12.0 Å². The van der Waals surface area contributed by atoms with Gasteiger partial charge in [-0.1, -0.05) is 0 Å². The maximum atomic E-state index is 13.3. The average Bonchev–Trinajstić information content (AvgIpc) is 2.35. The van der Waals surface area contributed by atoms with E-state index in [-0.39, 0.29) is 0 Å². The Morgan fingerprint density at radius 1 is 1.67 bits per heavy atom. The number of aromatic nitrogens is 1. The maximum absolute atomic E-state index is 13.3. The van der Waals surface area contributed by atoms with E-state index in [4.69, 9.17) is 0 Å². The highest BCUT2D eigenvalue weighted by molar-refractivity contribution is 7.09. The predicted octanol–water partition coefficient (Wildman–Crippen LogP) is 2.07. The summed E-state index contributed by atoms with van der Waals surface area (Å²) in [5.41, 5.74) is -0.791. The molecule has 4 heteroatoms. The van der Waals surface area contributed by atoms with Crippen molar-refractivity contribution in [2.24, 2.45) is 0 Å². The Morgan fingerprint density at radius 3 is 2.75 bits per heavy atom. The molecule has 0 atom stereocenters. The summed E-state index contributed by atoms with van der Waals surface area (Å²) in [5.74, 6) is 0. The predicted molar refractivity (Wildman–Crippen MR) is 49.0 cm³/mol. The Balaban J connectivity index is 2.77. The van der Waals surface area contributed by atoms with E-state index in [0.717, 1.165) is 5.01 Å². The molecule has 0 aliphatic heterocycles. The second-order valence-electron chi connectivity index (χ2n) is 3.13. The van der Waals surface area contributed by atoms with Gasteiger partial charge in [-0.15, -0.1) is 11.3 Å². The fourth-order valence-corrected chi connectivity index (χ4v) is 1.78. The summed E-state index contributed by atoms with van der Waals surface area (Å²) in [6, 6.07) is 0. The molecule has 1 N–H and O–H groups in total. The average molecular weight is 188 g/mol. The minimum absolute atomic E-state index is 0.526. The van der Waals surface area contributed by atoms with E-state index in [1.165, 1.54) is 25.2 Å². The van der Waals surface area contributed by atoms with E-state index in [1.54, 1.807) is 5.38 Å². The fourth-order valence-electron chi connectivity index (χ4n) is 0.816. The van der Waals surface area contributed by atoms with Crippen LogP contribution in [0.5, 0.6) is 0 Å². The molecule has 0 aromatic carbocycles. The van der Waals surface area contributed by atoms with Crippen LogP contribution in [0, 0.1) is 0 Å². The van der Waals surface area contributed by atoms with Crippen LogP contribution in [-0.2, 0) is 12.2 Å². The zero-order valence-corrected chi connectivity index (χ0v) is 8.33. The molecule has 0 unspecified atom stereocenters. The highest BCUT2D eigenvalue weighted by Gasteiger charge is 2.21. The van der Waals surface area contributed by atoms with E-state index in [9.17, 15) is 4.39 Å². The molecule has 0 aliphatic carbocycles. The van der Waals surface area contributed by atoms with Crippen molar-refractivity contribution >= 4 is 11.3 Å². The topological polar surface area (TPSA) is 24.9 Å². The molecule has 1 aromatic rings. The molecule has 0 bridgehead atoms. The summed E-state index contributed by atoms with van der Waals surface area (Å²) in [7, 11) is 1.85. The van der Waals surface area contributed by atoms with Crippen LogP contribution < -0.4 is 5.32 Å². The van der Waals surface area contributed by atoms with Crippen LogP contribution in [0.15, 0.2) is 5.38 Å². The number of rotatable bonds is 3. The van der Waals surface area contributed by atoms with E-state index >= 15 is 0 Å². The molecule has 0 saturated carbocycles. The summed E-state index contributed by atoms with van der Waals surface area (Å²) < 4.78 is 13.3. The van der Waals surface area contributed by atoms with Crippen molar-refractivity contribution in [3.63, 3.8) is 0 Å². The zero-order valence-electron chi connectivity index (χ0n) is 7.52. The molecular formula is C8H13FN2S. The van der Waals surface area contributed by atoms with E-state index < -0.39 is 5.67 Å². The van der Waals surface area contributed by atoms with Crippen molar-refractivity contribution in [2.75, 3.05) is 7.05 Å². The van der Waals surface area contributed by atoms with Gasteiger partial charge in [-0.05, 0) is 20.9 Å². The van der Waals surface area contributed by atoms with Crippen molar-refractivity contribution in [3.8, 4) is 0 Å². The monoisotopic (exact) mass is 188 g/mol. The largest absolute Gasteiger partial charge is 0.314 e. The van der Waals surface area contributed by atoms with Gasteiger partial charge in [0.2, 0.25) is 0 Å². The van der Waals surface area contributed by atoms with Gasteiger partial charge >= 0.3 is 0 Å². The van der Waals surface area contributed by atoms with Gasteiger partial charge in [0.25, 0.3) is 0 Å². The molecule has 12 heavy (non-hydrogen) atoms. The molecule has 0 fully saturated rings. The third kappa shape index (κ3) is 2.25. The maximum Gasteiger partial charge on any atom is 0.148 e. The molecule has 2 nitrogen and oxygen atoms in total. The molecule has 0 saturated heterocycles. The highest BCUT2D eigenvalue weighted by atomic mass is 32.1. The second kappa shape index (κ2) is 3.49. The zero-order chi connectivity index (χ0) is 9.19. The van der Waals surface area contributed by atoms with Crippen molar-refractivity contribution < 1.29 is 4.39 Å². The summed E-state index contributed by atoms with van der Waals surface area (Å²) in [6.07, 6.45) is 0. The number of hydrogen-bond acceptors (Lipinski definition) is 3. The van der Waals surface area contributed by atoms with Crippen LogP contribution in [0.3, 0.4) is 0 Å². The highest BCUT2D eigenvalue weighted by Crippen LogP contribution is 2.25. The number of nitrogens with zero attached hydrogens (tertiary/aromatic N) is 1. The Morgan fingerprint density at radius 2 is 2.33 bits per heavy atom. The van der Waals surface area contributed by atoms with Gasteiger partial charge in [-0.2, -0.15) is 0 Å². The van der Waals surface area contributed by atoms with Crippen molar-refractivity contribution in [1.29, 1.82) is 0 Å². The van der Waals surface area contributed by atoms with E-state index in [2.05, 4.69) is 10.3 Å². The van der Waals surface area contributed by atoms with Crippen molar-refractivity contribution in [2.45, 2.75) is 26.1 Å². The first-order valence-corrected chi connectivity index (χ1v) is 4.70. The van der Waals surface area contributed by atoms with Gasteiger partial charge in [0.15, 0.2) is 0 Å². The van der Waals surface area contributed by atoms with Gasteiger partial charge in [0, 0.05) is 11.9 Å². The first-order chi connectivity index (χ1) is 5.54.